The van der Waals surface area contributed by atoms with Crippen LogP contribution in [-0.2, 0) is 20.8 Å². The lowest BCUT2D eigenvalue weighted by Crippen LogP contribution is -2.20. The average Bonchev–Trinajstić information content (AvgIpc) is 3.08. The second-order valence-corrected chi connectivity index (χ2v) is 8.59. The van der Waals surface area contributed by atoms with Crippen LogP contribution < -0.4 is 16.8 Å². The van der Waals surface area contributed by atoms with Gasteiger partial charge < -0.3 is 15.7 Å². The number of fused-ring (bicyclic) bond motifs is 1. The summed E-state index contributed by atoms with van der Waals surface area (Å²) in [6.07, 6.45) is 0.285. The standard InChI is InChI=1S/C19H16F2N8O4S/c1-34(31,32)33-19(30)25-14-15(22)26-17(27-16(14)23)13-11-6-10(20)7-24-18(11)29(28-13)8-9-4-2-3-5-12(9)21/h2-7H,8H2,1H3,(H,25,30)(H4,22,23,26,27). The van der Waals surface area contributed by atoms with Crippen molar-refractivity contribution in [2.45, 2.75) is 6.54 Å². The van der Waals surface area contributed by atoms with E-state index in [1.54, 1.807) is 18.2 Å². The van der Waals surface area contributed by atoms with Crippen molar-refractivity contribution in [2.75, 3.05) is 23.0 Å². The van der Waals surface area contributed by atoms with E-state index in [0.717, 1.165) is 12.3 Å². The number of pyridine rings is 1. The van der Waals surface area contributed by atoms with E-state index in [9.17, 15) is 22.0 Å². The first kappa shape index (κ1) is 22.8. The lowest BCUT2D eigenvalue weighted by molar-refractivity contribution is 0.217. The highest BCUT2D eigenvalue weighted by atomic mass is 32.2. The van der Waals surface area contributed by atoms with E-state index in [0.29, 0.717) is 11.8 Å². The maximum absolute atomic E-state index is 14.2. The third-order valence-electron chi connectivity index (χ3n) is 4.46. The van der Waals surface area contributed by atoms with Crippen molar-refractivity contribution in [2.24, 2.45) is 0 Å². The summed E-state index contributed by atoms with van der Waals surface area (Å²) in [4.78, 5) is 23.8. The van der Waals surface area contributed by atoms with Gasteiger partial charge >= 0.3 is 16.2 Å². The molecule has 34 heavy (non-hydrogen) atoms. The minimum absolute atomic E-state index is 0.0241. The maximum atomic E-state index is 14.2. The van der Waals surface area contributed by atoms with Gasteiger partial charge in [-0.25, -0.2) is 33.2 Å². The number of nitrogens with two attached hydrogens (primary N) is 2. The van der Waals surface area contributed by atoms with E-state index in [-0.39, 0.29) is 46.4 Å². The SMILES string of the molecule is CS(=O)(=O)OC(=O)Nc1c(N)nc(-c2nn(Cc3ccccc3F)c3ncc(F)cc23)nc1N. The van der Waals surface area contributed by atoms with Gasteiger partial charge in [0.05, 0.1) is 24.4 Å². The van der Waals surface area contributed by atoms with Gasteiger partial charge in [-0.15, -0.1) is 0 Å². The number of amides is 1. The smallest absolute Gasteiger partial charge is 0.382 e. The molecule has 4 rings (SSSR count). The minimum atomic E-state index is -4.09. The number of nitrogens with one attached hydrogen (secondary N) is 1. The molecule has 1 aromatic carbocycles. The Bertz CT molecular complexity index is 1520. The number of hydrogen-bond acceptors (Lipinski definition) is 10. The zero-order chi connectivity index (χ0) is 24.6. The van der Waals surface area contributed by atoms with Crippen LogP contribution >= 0.6 is 0 Å². The van der Waals surface area contributed by atoms with Crippen molar-refractivity contribution in [3.05, 3.63) is 53.7 Å². The molecule has 0 radical (unpaired) electrons. The number of nitrogen functional groups attached to an aromatic ring is 2. The number of nitrogens with zero attached hydrogens (tertiary/aromatic N) is 5. The lowest BCUT2D eigenvalue weighted by atomic mass is 10.2. The zero-order valence-corrected chi connectivity index (χ0v) is 18.2. The Balaban J connectivity index is 1.77. The quantitative estimate of drug-likeness (QED) is 0.349. The number of halogens is 2. The van der Waals surface area contributed by atoms with Crippen molar-refractivity contribution in [3.8, 4) is 11.5 Å². The molecule has 4 aromatic rings. The zero-order valence-electron chi connectivity index (χ0n) is 17.4. The van der Waals surface area contributed by atoms with Crippen molar-refractivity contribution in [1.82, 2.24) is 24.7 Å². The summed E-state index contributed by atoms with van der Waals surface area (Å²) in [6, 6.07) is 7.20. The summed E-state index contributed by atoms with van der Waals surface area (Å²) >= 11 is 0. The van der Waals surface area contributed by atoms with Gasteiger partial charge in [-0.05, 0) is 12.1 Å². The van der Waals surface area contributed by atoms with Crippen molar-refractivity contribution >= 4 is 44.6 Å². The van der Waals surface area contributed by atoms with Crippen LogP contribution in [0, 0.1) is 11.6 Å². The Morgan fingerprint density at radius 2 is 1.85 bits per heavy atom. The molecule has 0 fully saturated rings. The summed E-state index contributed by atoms with van der Waals surface area (Å²) in [5.74, 6) is -1.94. The highest BCUT2D eigenvalue weighted by molar-refractivity contribution is 7.86. The topological polar surface area (TPSA) is 181 Å². The summed E-state index contributed by atoms with van der Waals surface area (Å²) < 4.78 is 55.8. The Morgan fingerprint density at radius 1 is 1.18 bits per heavy atom. The summed E-state index contributed by atoms with van der Waals surface area (Å²) in [6.45, 7) is -0.0241. The second kappa shape index (κ2) is 8.51. The van der Waals surface area contributed by atoms with Crippen molar-refractivity contribution in [1.29, 1.82) is 0 Å². The predicted molar refractivity (Wildman–Crippen MR) is 118 cm³/mol. The Labute approximate surface area is 190 Å². The van der Waals surface area contributed by atoms with Crippen LogP contribution in [0.5, 0.6) is 0 Å². The van der Waals surface area contributed by atoms with E-state index >= 15 is 0 Å². The minimum Gasteiger partial charge on any atom is -0.382 e. The van der Waals surface area contributed by atoms with Crippen LogP contribution in [0.2, 0.25) is 0 Å². The van der Waals surface area contributed by atoms with Gasteiger partial charge in [-0.3, -0.25) is 5.32 Å². The second-order valence-electron chi connectivity index (χ2n) is 7.01. The predicted octanol–water partition coefficient (Wildman–Crippen LogP) is 1.89. The molecule has 0 aliphatic heterocycles. The number of carbonyl (C=O) groups is 1. The van der Waals surface area contributed by atoms with Gasteiger partial charge in [-0.1, -0.05) is 18.2 Å². The molecule has 0 atom stereocenters. The molecule has 3 heterocycles. The van der Waals surface area contributed by atoms with Gasteiger partial charge in [0, 0.05) is 5.56 Å². The number of carbonyl (C=O) groups excluding carboxylic acids is 1. The summed E-state index contributed by atoms with van der Waals surface area (Å²) in [7, 11) is -4.09. The molecule has 0 spiro atoms. The van der Waals surface area contributed by atoms with Gasteiger partial charge in [0.25, 0.3) is 0 Å². The molecular formula is C19H16F2N8O4S. The number of rotatable bonds is 5. The fraction of sp³-hybridized carbons (Fsp3) is 0.105. The van der Waals surface area contributed by atoms with Crippen LogP contribution in [0.3, 0.4) is 0 Å². The molecule has 0 aliphatic rings. The van der Waals surface area contributed by atoms with Gasteiger partial charge in [0.2, 0.25) is 0 Å². The molecular weight excluding hydrogens is 474 g/mol. The van der Waals surface area contributed by atoms with E-state index in [4.69, 9.17) is 11.5 Å². The summed E-state index contributed by atoms with van der Waals surface area (Å²) in [5.41, 5.74) is 12.0. The molecule has 12 nitrogen and oxygen atoms in total. The van der Waals surface area contributed by atoms with Crippen molar-refractivity contribution in [3.63, 3.8) is 0 Å². The molecule has 15 heteroatoms. The summed E-state index contributed by atoms with van der Waals surface area (Å²) in [5, 5.41) is 6.60. The fourth-order valence-electron chi connectivity index (χ4n) is 3.09. The molecule has 0 saturated heterocycles. The largest absolute Gasteiger partial charge is 0.427 e. The first-order valence-electron chi connectivity index (χ1n) is 9.41. The maximum Gasteiger partial charge on any atom is 0.427 e. The molecule has 1 amide bonds. The molecule has 0 bridgehead atoms. The Morgan fingerprint density at radius 3 is 2.50 bits per heavy atom. The highest BCUT2D eigenvalue weighted by Gasteiger charge is 2.22. The van der Waals surface area contributed by atoms with E-state index < -0.39 is 27.8 Å². The molecule has 176 valence electrons. The van der Waals surface area contributed by atoms with Crippen LogP contribution in [0.4, 0.5) is 30.9 Å². The monoisotopic (exact) mass is 490 g/mol. The normalized spacial score (nSPS) is 11.5. The third kappa shape index (κ3) is 4.68. The van der Waals surface area contributed by atoms with E-state index in [1.165, 1.54) is 10.7 Å². The lowest BCUT2D eigenvalue weighted by Gasteiger charge is -2.10. The van der Waals surface area contributed by atoms with Gasteiger partial charge in [0.1, 0.15) is 23.0 Å². The average molecular weight is 490 g/mol. The number of benzene rings is 1. The van der Waals surface area contributed by atoms with Gasteiger partial charge in [0.15, 0.2) is 23.1 Å². The Kier molecular flexibility index (Phi) is 5.70. The first-order chi connectivity index (χ1) is 16.0. The molecule has 0 aliphatic carbocycles. The first-order valence-corrected chi connectivity index (χ1v) is 11.2. The highest BCUT2D eigenvalue weighted by Crippen LogP contribution is 2.30. The molecule has 0 unspecified atom stereocenters. The van der Waals surface area contributed by atoms with E-state index in [2.05, 4.69) is 24.2 Å². The van der Waals surface area contributed by atoms with Crippen LogP contribution in [0.15, 0.2) is 36.5 Å². The molecule has 5 N–H and O–H groups in total. The van der Waals surface area contributed by atoms with Crippen molar-refractivity contribution < 1.29 is 26.2 Å². The fourth-order valence-corrected chi connectivity index (χ4v) is 3.40. The number of anilines is 3. The van der Waals surface area contributed by atoms with Crippen LogP contribution in [-0.4, -0.2) is 45.5 Å². The van der Waals surface area contributed by atoms with Crippen LogP contribution in [0.1, 0.15) is 5.56 Å². The molecule has 3 aromatic heterocycles. The number of aromatic nitrogens is 5. The van der Waals surface area contributed by atoms with Crippen LogP contribution in [0.25, 0.3) is 22.6 Å². The number of hydrogen-bond donors (Lipinski definition) is 3. The van der Waals surface area contributed by atoms with Gasteiger partial charge in [-0.2, -0.15) is 13.5 Å². The molecule has 0 saturated carbocycles. The van der Waals surface area contributed by atoms with E-state index in [1.807, 2.05) is 5.32 Å². The Hall–Kier alpha value is -4.40. The third-order valence-corrected chi connectivity index (χ3v) is 4.92.